The summed E-state index contributed by atoms with van der Waals surface area (Å²) in [4.78, 5) is 10.4. The van der Waals surface area contributed by atoms with Crippen molar-refractivity contribution in [1.82, 2.24) is 0 Å². The van der Waals surface area contributed by atoms with E-state index in [-0.39, 0.29) is 51.4 Å². The zero-order chi connectivity index (χ0) is 8.48. The molecule has 0 radical (unpaired) electrons. The largest absolute Gasteiger partial charge is 1.00 e. The standard InChI is InChI=1S/C5H3BF3O2.K/c7-6(8,9)4-2-1-3-11-5(4)10;/h1-3H;/q-1;+1. The van der Waals surface area contributed by atoms with Gasteiger partial charge in [-0.3, -0.25) is 0 Å². The Balaban J connectivity index is 0.00000121. The van der Waals surface area contributed by atoms with Crippen molar-refractivity contribution in [2.75, 3.05) is 0 Å². The van der Waals surface area contributed by atoms with Crippen LogP contribution in [0.5, 0.6) is 0 Å². The van der Waals surface area contributed by atoms with Gasteiger partial charge < -0.3 is 17.4 Å². The summed E-state index contributed by atoms with van der Waals surface area (Å²) in [5, 5.41) is 0. The van der Waals surface area contributed by atoms with Crippen LogP contribution in [0.2, 0.25) is 0 Å². The molecular weight excluding hydrogens is 199 g/mol. The fourth-order valence-corrected chi connectivity index (χ4v) is 0.623. The Morgan fingerprint density at radius 2 is 1.92 bits per heavy atom. The summed E-state index contributed by atoms with van der Waals surface area (Å²) in [5.74, 6) is 0. The van der Waals surface area contributed by atoms with Crippen LogP contribution in [0.15, 0.2) is 27.6 Å². The van der Waals surface area contributed by atoms with Crippen LogP contribution in [0.3, 0.4) is 0 Å². The van der Waals surface area contributed by atoms with Crippen LogP contribution in [0.25, 0.3) is 0 Å². The first-order valence-corrected chi connectivity index (χ1v) is 2.79. The fraction of sp³-hybridized carbons (Fsp3) is 0. The van der Waals surface area contributed by atoms with E-state index in [1.165, 1.54) is 0 Å². The second kappa shape index (κ2) is 4.61. The zero-order valence-electron chi connectivity index (χ0n) is 6.26. The van der Waals surface area contributed by atoms with Gasteiger partial charge in [0.2, 0.25) is 0 Å². The van der Waals surface area contributed by atoms with Crippen molar-refractivity contribution < 1.29 is 68.7 Å². The first kappa shape index (κ1) is 12.4. The van der Waals surface area contributed by atoms with E-state index in [0.717, 1.165) is 12.3 Å². The van der Waals surface area contributed by atoms with Gasteiger partial charge >= 0.3 is 64.0 Å². The smallest absolute Gasteiger partial charge is 0.445 e. The Labute approximate surface area is 109 Å². The van der Waals surface area contributed by atoms with Crippen molar-refractivity contribution >= 4 is 12.4 Å². The van der Waals surface area contributed by atoms with Crippen molar-refractivity contribution in [3.8, 4) is 0 Å². The van der Waals surface area contributed by atoms with Gasteiger partial charge in [0.15, 0.2) is 0 Å². The monoisotopic (exact) mass is 202 g/mol. The molecule has 2 nitrogen and oxygen atoms in total. The molecule has 0 aromatic carbocycles. The van der Waals surface area contributed by atoms with E-state index < -0.39 is 18.1 Å². The molecular formula is C5H3BF3KO2. The summed E-state index contributed by atoms with van der Waals surface area (Å²) in [6.45, 7) is -5.24. The van der Waals surface area contributed by atoms with Crippen LogP contribution < -0.4 is 62.5 Å². The van der Waals surface area contributed by atoms with Gasteiger partial charge in [-0.15, -0.1) is 0 Å². The quantitative estimate of drug-likeness (QED) is 0.479. The average Bonchev–Trinajstić information content (AvgIpc) is 1.86. The van der Waals surface area contributed by atoms with E-state index in [0.29, 0.717) is 6.07 Å². The summed E-state index contributed by atoms with van der Waals surface area (Å²) in [6, 6.07) is 1.73. The minimum Gasteiger partial charge on any atom is -0.445 e. The minimum atomic E-state index is -5.24. The van der Waals surface area contributed by atoms with Crippen molar-refractivity contribution in [3.05, 3.63) is 28.8 Å². The van der Waals surface area contributed by atoms with E-state index in [4.69, 9.17) is 0 Å². The summed E-state index contributed by atoms with van der Waals surface area (Å²) in [7, 11) is 0. The molecule has 0 bridgehead atoms. The van der Waals surface area contributed by atoms with Crippen molar-refractivity contribution in [2.24, 2.45) is 0 Å². The molecule has 7 heteroatoms. The average molecular weight is 202 g/mol. The third kappa shape index (κ3) is 3.06. The number of halogens is 3. The molecule has 0 atom stereocenters. The molecule has 1 aromatic heterocycles. The van der Waals surface area contributed by atoms with Crippen molar-refractivity contribution in [2.45, 2.75) is 0 Å². The predicted molar refractivity (Wildman–Crippen MR) is 33.7 cm³/mol. The molecule has 0 fully saturated rings. The third-order valence-corrected chi connectivity index (χ3v) is 1.12. The molecule has 0 aliphatic heterocycles. The molecule has 60 valence electrons. The van der Waals surface area contributed by atoms with Crippen LogP contribution in [0, 0.1) is 0 Å². The Bertz CT molecular complexity index is 308. The topological polar surface area (TPSA) is 30.2 Å². The van der Waals surface area contributed by atoms with Gasteiger partial charge in [0.25, 0.3) is 0 Å². The van der Waals surface area contributed by atoms with Crippen molar-refractivity contribution in [1.29, 1.82) is 0 Å². The van der Waals surface area contributed by atoms with Gasteiger partial charge in [0, 0.05) is 0 Å². The first-order valence-electron chi connectivity index (χ1n) is 2.79. The molecule has 1 aromatic rings. The predicted octanol–water partition coefficient (Wildman–Crippen LogP) is -2.30. The second-order valence-electron chi connectivity index (χ2n) is 1.93. The fourth-order valence-electron chi connectivity index (χ4n) is 0.623. The second-order valence-corrected chi connectivity index (χ2v) is 1.93. The summed E-state index contributed by atoms with van der Waals surface area (Å²) >= 11 is 0. The molecule has 1 rings (SSSR count). The maximum absolute atomic E-state index is 11.9. The normalized spacial score (nSPS) is 10.6. The van der Waals surface area contributed by atoms with E-state index in [1.807, 2.05) is 0 Å². The minimum absolute atomic E-state index is 0. The Morgan fingerprint density at radius 1 is 1.33 bits per heavy atom. The third-order valence-electron chi connectivity index (χ3n) is 1.12. The SMILES string of the molecule is O=c1occcc1[B-](F)(F)F.[K+]. The Morgan fingerprint density at radius 3 is 2.25 bits per heavy atom. The van der Waals surface area contributed by atoms with E-state index in [1.54, 1.807) is 0 Å². The molecule has 0 N–H and O–H groups in total. The number of hydrogen-bond donors (Lipinski definition) is 0. The van der Waals surface area contributed by atoms with Crippen LogP contribution in [0.1, 0.15) is 0 Å². The van der Waals surface area contributed by atoms with Crippen LogP contribution >= 0.6 is 0 Å². The summed E-state index contributed by atoms with van der Waals surface area (Å²) in [5.41, 5.74) is -2.55. The number of rotatable bonds is 1. The van der Waals surface area contributed by atoms with E-state index >= 15 is 0 Å². The first-order chi connectivity index (χ1) is 5.02. The van der Waals surface area contributed by atoms with Gasteiger partial charge in [-0.25, -0.2) is 4.79 Å². The molecule has 0 aliphatic rings. The maximum atomic E-state index is 11.9. The molecule has 0 amide bonds. The van der Waals surface area contributed by atoms with Gasteiger partial charge in [0.05, 0.1) is 6.26 Å². The molecule has 0 spiro atoms. The van der Waals surface area contributed by atoms with Crippen LogP contribution in [-0.2, 0) is 0 Å². The zero-order valence-corrected chi connectivity index (χ0v) is 9.38. The van der Waals surface area contributed by atoms with E-state index in [9.17, 15) is 17.7 Å². The van der Waals surface area contributed by atoms with Gasteiger partial charge in [-0.05, 0) is 11.5 Å². The molecule has 0 saturated carbocycles. The maximum Gasteiger partial charge on any atom is 1.00 e. The van der Waals surface area contributed by atoms with Gasteiger partial charge in [-0.1, -0.05) is 6.07 Å². The van der Waals surface area contributed by atoms with Gasteiger partial charge in [0.1, 0.15) is 0 Å². The van der Waals surface area contributed by atoms with Crippen LogP contribution in [0.4, 0.5) is 12.9 Å². The molecule has 0 unspecified atom stereocenters. The van der Waals surface area contributed by atoms with Crippen LogP contribution in [-0.4, -0.2) is 6.98 Å². The number of hydrogen-bond acceptors (Lipinski definition) is 2. The Hall–Kier alpha value is 0.441. The van der Waals surface area contributed by atoms with Crippen molar-refractivity contribution in [3.63, 3.8) is 0 Å². The molecule has 0 aliphatic carbocycles. The Kier molecular flexibility index (Phi) is 4.78. The summed E-state index contributed by atoms with van der Waals surface area (Å²) < 4.78 is 39.6. The molecule has 12 heavy (non-hydrogen) atoms. The van der Waals surface area contributed by atoms with Gasteiger partial charge in [-0.2, -0.15) is 0 Å². The summed E-state index contributed by atoms with van der Waals surface area (Å²) in [6.07, 6.45) is 0.910. The van der Waals surface area contributed by atoms with E-state index in [2.05, 4.69) is 4.42 Å². The molecule has 0 saturated heterocycles. The molecule has 1 heterocycles.